The van der Waals surface area contributed by atoms with Crippen LogP contribution in [0.25, 0.3) is 54.1 Å². The van der Waals surface area contributed by atoms with Gasteiger partial charge >= 0.3 is 0 Å². The molecular formula is C43H29N2O2PS. The van der Waals surface area contributed by atoms with Gasteiger partial charge in [-0.25, -0.2) is 9.97 Å². The summed E-state index contributed by atoms with van der Waals surface area (Å²) in [5.74, 6) is 2.42. The average molecular weight is 669 g/mol. The number of aromatic nitrogens is 2. The molecule has 6 aromatic carbocycles. The minimum atomic E-state index is -2.39. The first-order chi connectivity index (χ1) is 23.9. The fourth-order valence-electron chi connectivity index (χ4n) is 7.89. The van der Waals surface area contributed by atoms with E-state index >= 15 is 0 Å². The highest BCUT2D eigenvalue weighted by molar-refractivity contribution is 7.70. The van der Waals surface area contributed by atoms with Gasteiger partial charge in [-0.3, -0.25) is 0 Å². The predicted molar refractivity (Wildman–Crippen MR) is 202 cm³/mol. The lowest BCUT2D eigenvalue weighted by Gasteiger charge is -2.39. The Balaban J connectivity index is 1.24. The molecule has 4 nitrogen and oxygen atoms in total. The lowest BCUT2D eigenvalue weighted by Crippen LogP contribution is -2.32. The number of hydrogen-bond acceptors (Lipinski definition) is 5. The van der Waals surface area contributed by atoms with E-state index in [1.54, 1.807) is 24.7 Å². The van der Waals surface area contributed by atoms with Gasteiger partial charge in [0.25, 0.3) is 0 Å². The molecule has 0 saturated carbocycles. The number of nitrogens with zero attached hydrogens (tertiary/aromatic N) is 2. The zero-order chi connectivity index (χ0) is 32.9. The van der Waals surface area contributed by atoms with Crippen LogP contribution in [0.5, 0.6) is 11.5 Å². The maximum absolute atomic E-state index is 12.8. The normalized spacial score (nSPS) is 13.9. The highest BCUT2D eigenvalue weighted by atomic mass is 32.1. The van der Waals surface area contributed by atoms with E-state index in [0.29, 0.717) is 5.82 Å². The van der Waals surface area contributed by atoms with Crippen LogP contribution in [0.4, 0.5) is 0 Å². The van der Waals surface area contributed by atoms with Crippen molar-refractivity contribution in [2.24, 2.45) is 0 Å². The fourth-order valence-corrected chi connectivity index (χ4v) is 9.91. The molecule has 0 atom stereocenters. The van der Waals surface area contributed by atoms with Crippen molar-refractivity contribution in [3.05, 3.63) is 162 Å². The molecule has 2 aliphatic rings. The van der Waals surface area contributed by atoms with Crippen LogP contribution < -0.4 is 10.0 Å². The van der Waals surface area contributed by atoms with Crippen LogP contribution in [-0.2, 0) is 9.98 Å². The van der Waals surface area contributed by atoms with Crippen LogP contribution in [0.1, 0.15) is 22.3 Å². The summed E-state index contributed by atoms with van der Waals surface area (Å²) in [5.41, 5.74) is 10.5. The largest absolute Gasteiger partial charge is 0.457 e. The standard InChI is InChI=1S/C43H29N2O2PS/c1-48(2,46)28-22-19-26(20-23-28)42-44-39(41-40(45-42)30-12-4-10-18-38(30)49-41)27-21-24-33-31(25-27)29-11-3-5-13-32(29)43(33)34-14-6-8-16-36(34)47-37-17-9-7-15-35(37)43/h3-25H,1-2H3. The van der Waals surface area contributed by atoms with Gasteiger partial charge in [0.05, 0.1) is 21.3 Å². The summed E-state index contributed by atoms with van der Waals surface area (Å²) in [6.07, 6.45) is 0. The molecule has 0 amide bonds. The SMILES string of the molecule is CP(C)(=O)c1ccc(-c2nc(-c3ccc4c(c3)-c3ccccc3C43c4ccccc4Oc4ccccc43)c3sc4ccccc4c3n2)cc1. The second-order valence-electron chi connectivity index (χ2n) is 13.2. The van der Waals surface area contributed by atoms with Gasteiger partial charge in [0, 0.05) is 37.6 Å². The van der Waals surface area contributed by atoms with Gasteiger partial charge in [-0.05, 0) is 59.8 Å². The Kier molecular flexibility index (Phi) is 6.04. The molecule has 0 radical (unpaired) electrons. The summed E-state index contributed by atoms with van der Waals surface area (Å²) in [6, 6.07) is 48.9. The quantitative estimate of drug-likeness (QED) is 0.176. The number of benzene rings is 6. The lowest BCUT2D eigenvalue weighted by molar-refractivity contribution is 0.436. The van der Waals surface area contributed by atoms with Gasteiger partial charge in [-0.1, -0.05) is 115 Å². The van der Waals surface area contributed by atoms with Gasteiger partial charge in [0.1, 0.15) is 18.6 Å². The van der Waals surface area contributed by atoms with Crippen molar-refractivity contribution in [3.8, 4) is 45.3 Å². The van der Waals surface area contributed by atoms with Crippen LogP contribution in [-0.4, -0.2) is 23.3 Å². The van der Waals surface area contributed by atoms with Crippen molar-refractivity contribution in [2.45, 2.75) is 5.41 Å². The Hall–Kier alpha value is -5.35. The van der Waals surface area contributed by atoms with Crippen molar-refractivity contribution < 1.29 is 9.30 Å². The van der Waals surface area contributed by atoms with Crippen LogP contribution in [0.15, 0.2) is 140 Å². The molecule has 10 rings (SSSR count). The highest BCUT2D eigenvalue weighted by Gasteiger charge is 2.51. The number of fused-ring (bicyclic) bond motifs is 12. The maximum Gasteiger partial charge on any atom is 0.160 e. The molecule has 0 saturated heterocycles. The van der Waals surface area contributed by atoms with E-state index in [2.05, 4.69) is 103 Å². The Morgan fingerprint density at radius 1 is 0.612 bits per heavy atom. The van der Waals surface area contributed by atoms with E-state index in [4.69, 9.17) is 14.7 Å². The van der Waals surface area contributed by atoms with Gasteiger partial charge in [-0.2, -0.15) is 0 Å². The monoisotopic (exact) mass is 668 g/mol. The molecule has 2 aromatic heterocycles. The van der Waals surface area contributed by atoms with Gasteiger partial charge in [0.15, 0.2) is 5.82 Å². The summed E-state index contributed by atoms with van der Waals surface area (Å²) in [7, 11) is -2.39. The highest BCUT2D eigenvalue weighted by Crippen LogP contribution is 2.62. The third-order valence-corrected chi connectivity index (χ3v) is 12.8. The van der Waals surface area contributed by atoms with E-state index < -0.39 is 12.6 Å². The van der Waals surface area contributed by atoms with E-state index in [1.165, 1.54) is 27.0 Å². The third-order valence-electron chi connectivity index (χ3n) is 10.1. The maximum atomic E-state index is 12.8. The molecule has 8 aromatic rings. The average Bonchev–Trinajstić information content (AvgIpc) is 3.65. The van der Waals surface area contributed by atoms with E-state index in [9.17, 15) is 4.57 Å². The first-order valence-electron chi connectivity index (χ1n) is 16.4. The number of para-hydroxylation sites is 2. The first-order valence-corrected chi connectivity index (χ1v) is 19.8. The molecular weight excluding hydrogens is 640 g/mol. The van der Waals surface area contributed by atoms with E-state index in [1.807, 2.05) is 36.4 Å². The van der Waals surface area contributed by atoms with Crippen LogP contribution in [0, 0.1) is 0 Å². The minimum Gasteiger partial charge on any atom is -0.457 e. The van der Waals surface area contributed by atoms with Crippen molar-refractivity contribution in [3.63, 3.8) is 0 Å². The summed E-state index contributed by atoms with van der Waals surface area (Å²) < 4.78 is 21.5. The zero-order valence-corrected chi connectivity index (χ0v) is 28.6. The van der Waals surface area contributed by atoms with E-state index in [-0.39, 0.29) is 0 Å². The minimum absolute atomic E-state index is 0.514. The van der Waals surface area contributed by atoms with Gasteiger partial charge in [-0.15, -0.1) is 11.3 Å². The second-order valence-corrected chi connectivity index (χ2v) is 17.5. The molecule has 0 bridgehead atoms. The predicted octanol–water partition coefficient (Wildman–Crippen LogP) is 10.9. The molecule has 1 aliphatic heterocycles. The Morgan fingerprint density at radius 2 is 1.22 bits per heavy atom. The second kappa shape index (κ2) is 10.3. The van der Waals surface area contributed by atoms with Gasteiger partial charge in [0.2, 0.25) is 0 Å². The zero-order valence-electron chi connectivity index (χ0n) is 26.8. The Labute approximate surface area is 288 Å². The fraction of sp³-hybridized carbons (Fsp3) is 0.0698. The number of hydrogen-bond donors (Lipinski definition) is 0. The molecule has 1 spiro atoms. The van der Waals surface area contributed by atoms with Crippen molar-refractivity contribution in [1.29, 1.82) is 0 Å². The molecule has 6 heteroatoms. The molecule has 49 heavy (non-hydrogen) atoms. The van der Waals surface area contributed by atoms with Crippen molar-refractivity contribution in [2.75, 3.05) is 13.3 Å². The summed E-state index contributed by atoms with van der Waals surface area (Å²) in [6.45, 7) is 3.60. The van der Waals surface area contributed by atoms with Gasteiger partial charge < -0.3 is 9.30 Å². The van der Waals surface area contributed by atoms with Crippen LogP contribution in [0.2, 0.25) is 0 Å². The van der Waals surface area contributed by atoms with E-state index in [0.717, 1.165) is 60.4 Å². The Morgan fingerprint density at radius 3 is 1.96 bits per heavy atom. The first kappa shape index (κ1) is 28.6. The van der Waals surface area contributed by atoms with Crippen molar-refractivity contribution >= 4 is 44.1 Å². The van der Waals surface area contributed by atoms with Crippen LogP contribution >= 0.6 is 18.5 Å². The molecule has 0 N–H and O–H groups in total. The summed E-state index contributed by atoms with van der Waals surface area (Å²) in [4.78, 5) is 10.5. The summed E-state index contributed by atoms with van der Waals surface area (Å²) in [5, 5.41) is 1.97. The molecule has 0 unspecified atom stereocenters. The molecule has 3 heterocycles. The smallest absolute Gasteiger partial charge is 0.160 e. The summed E-state index contributed by atoms with van der Waals surface area (Å²) >= 11 is 1.74. The van der Waals surface area contributed by atoms with Crippen molar-refractivity contribution in [1.82, 2.24) is 9.97 Å². The third kappa shape index (κ3) is 4.07. The number of ether oxygens (including phenoxy) is 1. The molecule has 0 fully saturated rings. The molecule has 234 valence electrons. The number of thiophene rings is 1. The Bertz CT molecular complexity index is 2660. The van der Waals surface area contributed by atoms with Crippen LogP contribution in [0.3, 0.4) is 0 Å². The lowest BCUT2D eigenvalue weighted by atomic mass is 9.66. The molecule has 1 aliphatic carbocycles. The topological polar surface area (TPSA) is 52.1 Å². The number of rotatable bonds is 3.